The Morgan fingerprint density at radius 1 is 1.14 bits per heavy atom. The fraction of sp³-hybridized carbons (Fsp3) is 0.357. The molecule has 0 radical (unpaired) electrons. The van der Waals surface area contributed by atoms with Crippen LogP contribution in [0, 0.1) is 0 Å². The van der Waals surface area contributed by atoms with Gasteiger partial charge in [0.25, 0.3) is 11.8 Å². The Balaban J connectivity index is 1.73. The number of benzene rings is 1. The van der Waals surface area contributed by atoms with Crippen LogP contribution in [0.4, 0.5) is 4.79 Å². The van der Waals surface area contributed by atoms with Gasteiger partial charge in [-0.15, -0.1) is 0 Å². The second kappa shape index (κ2) is 5.53. The van der Waals surface area contributed by atoms with E-state index in [0.29, 0.717) is 37.4 Å². The molecule has 2 heterocycles. The topological polar surface area (TPSA) is 87.7 Å². The predicted octanol–water partition coefficient (Wildman–Crippen LogP) is 0.0395. The van der Waals surface area contributed by atoms with Crippen molar-refractivity contribution < 1.29 is 19.1 Å². The third kappa shape index (κ3) is 2.73. The molecule has 110 valence electrons. The summed E-state index contributed by atoms with van der Waals surface area (Å²) in [6, 6.07) is 5.52. The predicted molar refractivity (Wildman–Crippen MR) is 72.6 cm³/mol. The highest BCUT2D eigenvalue weighted by molar-refractivity contribution is 6.04. The van der Waals surface area contributed by atoms with E-state index in [1.54, 1.807) is 29.2 Å². The minimum absolute atomic E-state index is 0.0511. The molecule has 0 bridgehead atoms. The lowest BCUT2D eigenvalue weighted by atomic mass is 10.0. The molecule has 2 aliphatic heterocycles. The lowest BCUT2D eigenvalue weighted by Crippen LogP contribution is -2.40. The quantitative estimate of drug-likeness (QED) is 0.752. The first-order valence-corrected chi connectivity index (χ1v) is 6.73. The van der Waals surface area contributed by atoms with E-state index in [4.69, 9.17) is 4.74 Å². The summed E-state index contributed by atoms with van der Waals surface area (Å²) in [6.45, 7) is 2.28. The van der Waals surface area contributed by atoms with E-state index in [9.17, 15) is 14.4 Å². The number of nitrogens with zero attached hydrogens (tertiary/aromatic N) is 1. The van der Waals surface area contributed by atoms with Crippen LogP contribution in [0.1, 0.15) is 22.0 Å². The molecule has 1 aromatic rings. The van der Waals surface area contributed by atoms with Crippen molar-refractivity contribution in [2.45, 2.75) is 6.04 Å². The zero-order valence-corrected chi connectivity index (χ0v) is 11.3. The molecule has 7 nitrogen and oxygen atoms in total. The Morgan fingerprint density at radius 2 is 1.81 bits per heavy atom. The van der Waals surface area contributed by atoms with Gasteiger partial charge in [0, 0.05) is 18.7 Å². The van der Waals surface area contributed by atoms with Crippen LogP contribution in [0.25, 0.3) is 0 Å². The zero-order valence-electron chi connectivity index (χ0n) is 11.3. The van der Waals surface area contributed by atoms with Crippen LogP contribution in [0.2, 0.25) is 0 Å². The minimum Gasteiger partial charge on any atom is -0.378 e. The van der Waals surface area contributed by atoms with Gasteiger partial charge in [0.1, 0.15) is 6.04 Å². The molecule has 0 saturated carbocycles. The van der Waals surface area contributed by atoms with E-state index in [2.05, 4.69) is 10.6 Å². The Bertz CT molecular complexity index is 578. The van der Waals surface area contributed by atoms with Crippen LogP contribution in [0.15, 0.2) is 24.3 Å². The Labute approximate surface area is 121 Å². The smallest absolute Gasteiger partial charge is 0.322 e. The Kier molecular flexibility index (Phi) is 3.57. The second-order valence-corrected chi connectivity index (χ2v) is 4.92. The lowest BCUT2D eigenvalue weighted by Gasteiger charge is -2.26. The van der Waals surface area contributed by atoms with Crippen LogP contribution in [-0.2, 0) is 9.53 Å². The SMILES string of the molecule is O=C1NC(=O)C(c2ccc(C(=O)N3CCOCC3)cc2)N1. The zero-order chi connectivity index (χ0) is 14.8. The van der Waals surface area contributed by atoms with Gasteiger partial charge in [0.05, 0.1) is 13.2 Å². The molecule has 1 unspecified atom stereocenters. The first-order valence-electron chi connectivity index (χ1n) is 6.73. The fourth-order valence-corrected chi connectivity index (χ4v) is 2.42. The highest BCUT2D eigenvalue weighted by atomic mass is 16.5. The van der Waals surface area contributed by atoms with E-state index >= 15 is 0 Å². The second-order valence-electron chi connectivity index (χ2n) is 4.92. The van der Waals surface area contributed by atoms with Gasteiger partial charge >= 0.3 is 6.03 Å². The van der Waals surface area contributed by atoms with Crippen molar-refractivity contribution in [3.8, 4) is 0 Å². The summed E-state index contributed by atoms with van der Waals surface area (Å²) in [5, 5.41) is 4.70. The molecule has 3 rings (SSSR count). The van der Waals surface area contributed by atoms with Gasteiger partial charge in [-0.25, -0.2) is 4.79 Å². The molecular formula is C14H15N3O4. The molecule has 1 aromatic carbocycles. The molecule has 0 aromatic heterocycles. The summed E-state index contributed by atoms with van der Waals surface area (Å²) in [5.41, 5.74) is 1.21. The number of nitrogens with one attached hydrogen (secondary N) is 2. The average Bonchev–Trinajstić information content (AvgIpc) is 2.86. The van der Waals surface area contributed by atoms with Crippen molar-refractivity contribution in [3.63, 3.8) is 0 Å². The molecule has 2 aliphatic rings. The van der Waals surface area contributed by atoms with Crippen molar-refractivity contribution >= 4 is 17.8 Å². The number of urea groups is 1. The number of hydrogen-bond donors (Lipinski definition) is 2. The number of carbonyl (C=O) groups excluding carboxylic acids is 3. The highest BCUT2D eigenvalue weighted by Crippen LogP contribution is 2.18. The molecule has 21 heavy (non-hydrogen) atoms. The Morgan fingerprint density at radius 3 is 2.38 bits per heavy atom. The van der Waals surface area contributed by atoms with E-state index < -0.39 is 12.1 Å². The molecule has 7 heteroatoms. The normalized spacial score (nSPS) is 21.9. The number of carbonyl (C=O) groups is 3. The molecule has 4 amide bonds. The minimum atomic E-state index is -0.690. The third-order valence-electron chi connectivity index (χ3n) is 3.56. The van der Waals surface area contributed by atoms with Crippen molar-refractivity contribution in [1.29, 1.82) is 0 Å². The van der Waals surface area contributed by atoms with Crippen molar-refractivity contribution in [2.24, 2.45) is 0 Å². The molecule has 2 saturated heterocycles. The number of rotatable bonds is 2. The largest absolute Gasteiger partial charge is 0.378 e. The van der Waals surface area contributed by atoms with Crippen molar-refractivity contribution in [3.05, 3.63) is 35.4 Å². The summed E-state index contributed by atoms with van der Waals surface area (Å²) >= 11 is 0. The van der Waals surface area contributed by atoms with Gasteiger partial charge in [0.2, 0.25) is 0 Å². The van der Waals surface area contributed by atoms with Gasteiger partial charge in [-0.2, -0.15) is 0 Å². The monoisotopic (exact) mass is 289 g/mol. The van der Waals surface area contributed by atoms with E-state index in [0.717, 1.165) is 0 Å². The summed E-state index contributed by atoms with van der Waals surface area (Å²) in [6.07, 6.45) is 0. The maximum Gasteiger partial charge on any atom is 0.322 e. The summed E-state index contributed by atoms with van der Waals surface area (Å²) < 4.78 is 5.22. The van der Waals surface area contributed by atoms with Gasteiger partial charge in [-0.3, -0.25) is 14.9 Å². The number of ether oxygens (including phenoxy) is 1. The van der Waals surface area contributed by atoms with E-state index in [1.165, 1.54) is 0 Å². The summed E-state index contributed by atoms with van der Waals surface area (Å²) in [5.74, 6) is -0.433. The molecule has 1 atom stereocenters. The highest BCUT2D eigenvalue weighted by Gasteiger charge is 2.30. The van der Waals surface area contributed by atoms with Gasteiger partial charge in [-0.1, -0.05) is 12.1 Å². The van der Waals surface area contributed by atoms with Crippen LogP contribution in [-0.4, -0.2) is 49.0 Å². The number of amides is 4. The summed E-state index contributed by atoms with van der Waals surface area (Å²) in [4.78, 5) is 36.7. The van der Waals surface area contributed by atoms with Crippen molar-refractivity contribution in [1.82, 2.24) is 15.5 Å². The lowest BCUT2D eigenvalue weighted by molar-refractivity contribution is -0.120. The fourth-order valence-electron chi connectivity index (χ4n) is 2.42. The number of morpholine rings is 1. The van der Waals surface area contributed by atoms with Gasteiger partial charge in [0.15, 0.2) is 0 Å². The van der Waals surface area contributed by atoms with E-state index in [1.807, 2.05) is 0 Å². The first-order chi connectivity index (χ1) is 10.1. The average molecular weight is 289 g/mol. The molecule has 0 spiro atoms. The summed E-state index contributed by atoms with van der Waals surface area (Å²) in [7, 11) is 0. The van der Waals surface area contributed by atoms with Crippen LogP contribution in [0.5, 0.6) is 0 Å². The molecular weight excluding hydrogens is 274 g/mol. The maximum atomic E-state index is 12.3. The van der Waals surface area contributed by atoms with Crippen molar-refractivity contribution in [2.75, 3.05) is 26.3 Å². The maximum absolute atomic E-state index is 12.3. The van der Waals surface area contributed by atoms with Crippen LogP contribution >= 0.6 is 0 Å². The van der Waals surface area contributed by atoms with Gasteiger partial charge in [-0.05, 0) is 17.7 Å². The van der Waals surface area contributed by atoms with Crippen LogP contribution < -0.4 is 10.6 Å². The van der Waals surface area contributed by atoms with Crippen LogP contribution in [0.3, 0.4) is 0 Å². The molecule has 2 fully saturated rings. The van der Waals surface area contributed by atoms with Gasteiger partial charge < -0.3 is 15.0 Å². The molecule has 2 N–H and O–H groups in total. The number of hydrogen-bond acceptors (Lipinski definition) is 4. The third-order valence-corrected chi connectivity index (χ3v) is 3.56. The standard InChI is InChI=1S/C14H15N3O4/c18-12-11(15-14(20)16-12)9-1-3-10(4-2-9)13(19)17-5-7-21-8-6-17/h1-4,11H,5-8H2,(H2,15,16,18,20). The van der Waals surface area contributed by atoms with E-state index in [-0.39, 0.29) is 11.8 Å². The Hall–Kier alpha value is -2.41. The molecule has 0 aliphatic carbocycles. The number of imide groups is 1. The first kappa shape index (κ1) is 13.6.